The molecule has 2 aliphatic rings. The maximum absolute atomic E-state index is 14.1. The molecule has 2 fully saturated rings. The van der Waals surface area contributed by atoms with Crippen LogP contribution in [0.25, 0.3) is 11.4 Å². The highest BCUT2D eigenvalue weighted by Crippen LogP contribution is 2.39. The predicted octanol–water partition coefficient (Wildman–Crippen LogP) is 7.42. The third kappa shape index (κ3) is 10.6. The summed E-state index contributed by atoms with van der Waals surface area (Å²) in [5.74, 6) is -0.323. The van der Waals surface area contributed by atoms with Gasteiger partial charge in [0.15, 0.2) is 0 Å². The van der Waals surface area contributed by atoms with Crippen LogP contribution in [0, 0.1) is 5.92 Å². The Morgan fingerprint density at radius 1 is 1.04 bits per heavy atom. The normalized spacial score (nSPS) is 19.7. The van der Waals surface area contributed by atoms with Gasteiger partial charge in [0.05, 0.1) is 18.3 Å². The molecular formula is C33H46F3N5O7. The number of alkyl carbamates (subject to hydrolysis) is 1. The molecule has 2 amide bonds. The zero-order valence-corrected chi connectivity index (χ0v) is 28.4. The predicted molar refractivity (Wildman–Crippen MR) is 169 cm³/mol. The fourth-order valence-corrected chi connectivity index (χ4v) is 5.76. The van der Waals surface area contributed by atoms with E-state index >= 15 is 0 Å². The number of likely N-dealkylation sites (tertiary alicyclic amines) is 1. The lowest BCUT2D eigenvalue weighted by Gasteiger charge is -2.28. The van der Waals surface area contributed by atoms with E-state index in [0.29, 0.717) is 12.3 Å². The molecule has 1 aromatic carbocycles. The van der Waals surface area contributed by atoms with Crippen molar-refractivity contribution in [3.8, 4) is 17.1 Å². The van der Waals surface area contributed by atoms with Crippen LogP contribution in [0.5, 0.6) is 5.75 Å². The number of aliphatic hydroxyl groups excluding tert-OH is 1. The average molecular weight is 682 g/mol. The Labute approximate surface area is 278 Å². The van der Waals surface area contributed by atoms with Crippen molar-refractivity contribution in [1.82, 2.24) is 20.4 Å². The Balaban J connectivity index is 1.56. The second-order valence-electron chi connectivity index (χ2n) is 14.2. The Bertz CT molecular complexity index is 1440. The molecule has 1 aliphatic heterocycles. The summed E-state index contributed by atoms with van der Waals surface area (Å²) in [6.45, 7) is 10.2. The van der Waals surface area contributed by atoms with Crippen LogP contribution in [0.4, 0.5) is 22.8 Å². The first-order chi connectivity index (χ1) is 22.4. The molecule has 0 radical (unpaired) electrons. The van der Waals surface area contributed by atoms with Crippen LogP contribution in [-0.4, -0.2) is 68.8 Å². The summed E-state index contributed by atoms with van der Waals surface area (Å²) < 4.78 is 64.0. The number of carbonyl (C=O) groups is 2. The van der Waals surface area contributed by atoms with Gasteiger partial charge in [0.1, 0.15) is 23.0 Å². The lowest BCUT2D eigenvalue weighted by atomic mass is 9.86. The average Bonchev–Trinajstić information content (AvgIpc) is 3.60. The molecule has 0 unspecified atom stereocenters. The number of amides is 2. The molecule has 2 heterocycles. The van der Waals surface area contributed by atoms with Crippen LogP contribution in [-0.2, 0) is 15.7 Å². The van der Waals surface area contributed by atoms with Crippen molar-refractivity contribution < 1.29 is 46.6 Å². The van der Waals surface area contributed by atoms with Gasteiger partial charge >= 0.3 is 18.4 Å². The van der Waals surface area contributed by atoms with E-state index in [1.807, 2.05) is 0 Å². The van der Waals surface area contributed by atoms with Crippen LogP contribution in [0.2, 0.25) is 0 Å². The van der Waals surface area contributed by atoms with Crippen LogP contribution < -0.4 is 10.1 Å². The largest absolute Gasteiger partial charge is 0.493 e. The second-order valence-corrected chi connectivity index (χ2v) is 14.2. The number of aliphatic hydroxyl groups is 1. The number of nitrogens with one attached hydrogen (secondary N) is 1. The van der Waals surface area contributed by atoms with E-state index in [1.165, 1.54) is 36.3 Å². The van der Waals surface area contributed by atoms with Crippen molar-refractivity contribution in [2.75, 3.05) is 13.2 Å². The molecule has 12 nitrogen and oxygen atoms in total. The van der Waals surface area contributed by atoms with Gasteiger partial charge in [0, 0.05) is 12.1 Å². The Morgan fingerprint density at radius 2 is 1.73 bits per heavy atom. The van der Waals surface area contributed by atoms with Crippen molar-refractivity contribution in [1.29, 1.82) is 0 Å². The van der Waals surface area contributed by atoms with Crippen LogP contribution >= 0.6 is 0 Å². The zero-order chi connectivity index (χ0) is 35.3. The van der Waals surface area contributed by atoms with E-state index in [4.69, 9.17) is 18.7 Å². The molecule has 266 valence electrons. The third-order valence-electron chi connectivity index (χ3n) is 7.82. The summed E-state index contributed by atoms with van der Waals surface area (Å²) in [7, 11) is 0. The number of hydrogen-bond donors (Lipinski definition) is 2. The SMILES string of the molecule is CC(C)(C)OC(=O)/N=C(\NC(=O)OC(C)(C)C)N1CC[C@H](O)[C@H]1c1nc(-c2ccc(OCCCC3CCCCC3)c(C(F)(F)F)c2)no1. The second kappa shape index (κ2) is 15.1. The standard InChI is InChI=1S/C33H46F3N5O7/c1-31(2,3)46-29(43)38-28(39-30(44)47-32(4,5)6)41-17-16-23(42)25(41)27-37-26(40-48-27)21-14-15-24(22(19-21)33(34,35)36)45-18-10-13-20-11-8-7-9-12-20/h14-15,19-20,23,25,42H,7-13,16-18H2,1-6H3,(H,38,39,43,44)/t23-,25-/m0/s1. The first-order valence-corrected chi connectivity index (χ1v) is 16.3. The highest BCUT2D eigenvalue weighted by Gasteiger charge is 2.42. The van der Waals surface area contributed by atoms with Gasteiger partial charge < -0.3 is 28.7 Å². The van der Waals surface area contributed by atoms with Gasteiger partial charge in [-0.3, -0.25) is 5.32 Å². The number of aromatic nitrogens is 2. The van der Waals surface area contributed by atoms with Crippen LogP contribution in [0.15, 0.2) is 27.7 Å². The van der Waals surface area contributed by atoms with E-state index in [2.05, 4.69) is 20.4 Å². The van der Waals surface area contributed by atoms with E-state index in [1.54, 1.807) is 41.5 Å². The minimum Gasteiger partial charge on any atom is -0.493 e. The number of guanidine groups is 1. The van der Waals surface area contributed by atoms with Crippen LogP contribution in [0.3, 0.4) is 0 Å². The summed E-state index contributed by atoms with van der Waals surface area (Å²) in [5, 5.41) is 17.2. The highest BCUT2D eigenvalue weighted by molar-refractivity contribution is 5.99. The number of carbonyl (C=O) groups excluding carboxylic acids is 2. The molecule has 2 N–H and O–H groups in total. The molecule has 0 spiro atoms. The van der Waals surface area contributed by atoms with E-state index < -0.39 is 47.3 Å². The summed E-state index contributed by atoms with van der Waals surface area (Å²) in [6.07, 6.45) is -0.0877. The lowest BCUT2D eigenvalue weighted by Crippen LogP contribution is -2.47. The lowest BCUT2D eigenvalue weighted by molar-refractivity contribution is -0.138. The fourth-order valence-electron chi connectivity index (χ4n) is 5.76. The van der Waals surface area contributed by atoms with Gasteiger partial charge in [-0.2, -0.15) is 18.2 Å². The minimum absolute atomic E-state index is 0.0143. The Morgan fingerprint density at radius 3 is 2.38 bits per heavy atom. The molecule has 1 saturated carbocycles. The van der Waals surface area contributed by atoms with Crippen molar-refractivity contribution in [2.24, 2.45) is 10.9 Å². The minimum atomic E-state index is -4.71. The van der Waals surface area contributed by atoms with Gasteiger partial charge in [0.2, 0.25) is 11.8 Å². The number of hydrogen-bond acceptors (Lipinski definition) is 9. The highest BCUT2D eigenvalue weighted by atomic mass is 19.4. The van der Waals surface area contributed by atoms with Gasteiger partial charge in [-0.15, -0.1) is 4.99 Å². The van der Waals surface area contributed by atoms with Gasteiger partial charge in [-0.05, 0) is 84.9 Å². The van der Waals surface area contributed by atoms with Crippen molar-refractivity contribution in [3.05, 3.63) is 29.7 Å². The van der Waals surface area contributed by atoms with E-state index in [-0.39, 0.29) is 48.6 Å². The summed E-state index contributed by atoms with van der Waals surface area (Å²) in [5.41, 5.74) is -2.73. The summed E-state index contributed by atoms with van der Waals surface area (Å²) >= 11 is 0. The van der Waals surface area contributed by atoms with Crippen molar-refractivity contribution in [3.63, 3.8) is 0 Å². The molecule has 0 bridgehead atoms. The number of nitrogens with zero attached hydrogens (tertiary/aromatic N) is 4. The third-order valence-corrected chi connectivity index (χ3v) is 7.82. The molecule has 2 atom stereocenters. The Hall–Kier alpha value is -3.88. The molecule has 1 aliphatic carbocycles. The van der Waals surface area contributed by atoms with E-state index in [0.717, 1.165) is 25.3 Å². The molecule has 2 aromatic rings. The number of halogens is 3. The maximum Gasteiger partial charge on any atom is 0.437 e. The van der Waals surface area contributed by atoms with E-state index in [9.17, 15) is 27.9 Å². The summed E-state index contributed by atoms with van der Waals surface area (Å²) in [6, 6.07) is 2.42. The molecule has 15 heteroatoms. The molecular weight excluding hydrogens is 635 g/mol. The number of rotatable bonds is 7. The van der Waals surface area contributed by atoms with Gasteiger partial charge in [-0.25, -0.2) is 9.59 Å². The number of aliphatic imine (C=N–C) groups is 1. The topological polar surface area (TPSA) is 149 Å². The smallest absolute Gasteiger partial charge is 0.437 e. The summed E-state index contributed by atoms with van der Waals surface area (Å²) in [4.78, 5) is 34.9. The van der Waals surface area contributed by atoms with Gasteiger partial charge in [0.25, 0.3) is 5.89 Å². The molecule has 48 heavy (non-hydrogen) atoms. The number of benzene rings is 1. The first-order valence-electron chi connectivity index (χ1n) is 16.3. The number of alkyl halides is 3. The monoisotopic (exact) mass is 681 g/mol. The Kier molecular flexibility index (Phi) is 11.6. The number of ether oxygens (including phenoxy) is 3. The molecule has 1 saturated heterocycles. The fraction of sp³-hybridized carbons (Fsp3) is 0.667. The van der Waals surface area contributed by atoms with Crippen molar-refractivity contribution >= 4 is 18.1 Å². The zero-order valence-electron chi connectivity index (χ0n) is 28.4. The van der Waals surface area contributed by atoms with Gasteiger partial charge in [-0.1, -0.05) is 37.3 Å². The maximum atomic E-state index is 14.1. The molecule has 1 aromatic heterocycles. The molecule has 4 rings (SSSR count). The van der Waals surface area contributed by atoms with Crippen LogP contribution in [0.1, 0.15) is 110 Å². The quantitative estimate of drug-likeness (QED) is 0.172. The van der Waals surface area contributed by atoms with Crippen molar-refractivity contribution in [2.45, 2.75) is 122 Å². The first kappa shape index (κ1) is 36.9.